The summed E-state index contributed by atoms with van der Waals surface area (Å²) in [6.45, 7) is 3.31. The molecule has 0 aromatic heterocycles. The van der Waals surface area contributed by atoms with Gasteiger partial charge in [-0.3, -0.25) is 13.9 Å². The number of hydrogen-bond donors (Lipinski definition) is 1. The fraction of sp³-hybridized carbons (Fsp3) is 0.286. The van der Waals surface area contributed by atoms with Gasteiger partial charge in [0, 0.05) is 28.5 Å². The molecule has 3 rings (SSSR count). The Bertz CT molecular complexity index is 1350. The Kier molecular flexibility index (Phi) is 10.4. The predicted octanol–water partition coefficient (Wildman–Crippen LogP) is 5.03. The molecular weight excluding hydrogens is 590 g/mol. The minimum Gasteiger partial charge on any atom is -0.352 e. The van der Waals surface area contributed by atoms with Gasteiger partial charge in [0.05, 0.1) is 11.9 Å². The van der Waals surface area contributed by atoms with Gasteiger partial charge in [0.2, 0.25) is 21.8 Å². The quantitative estimate of drug-likeness (QED) is 0.326. The van der Waals surface area contributed by atoms with E-state index in [2.05, 4.69) is 21.2 Å². The van der Waals surface area contributed by atoms with Crippen LogP contribution >= 0.6 is 27.5 Å². The summed E-state index contributed by atoms with van der Waals surface area (Å²) in [4.78, 5) is 28.9. The summed E-state index contributed by atoms with van der Waals surface area (Å²) in [5.41, 5.74) is 1.96. The Hall–Kier alpha value is -2.88. The Morgan fingerprint density at radius 2 is 1.53 bits per heavy atom. The molecule has 2 amide bonds. The average molecular weight is 621 g/mol. The summed E-state index contributed by atoms with van der Waals surface area (Å²) >= 11 is 9.46. The number of hydrogen-bond acceptors (Lipinski definition) is 4. The molecule has 0 fully saturated rings. The topological polar surface area (TPSA) is 86.8 Å². The summed E-state index contributed by atoms with van der Waals surface area (Å²) in [5.74, 6) is -0.834. The lowest BCUT2D eigenvalue weighted by molar-refractivity contribution is -0.140. The van der Waals surface area contributed by atoms with Gasteiger partial charge in [-0.25, -0.2) is 8.42 Å². The zero-order chi connectivity index (χ0) is 27.9. The van der Waals surface area contributed by atoms with E-state index in [0.717, 1.165) is 21.7 Å². The second-order valence-electron chi connectivity index (χ2n) is 9.24. The molecule has 0 heterocycles. The molecule has 0 aliphatic heterocycles. The maximum Gasteiger partial charge on any atom is 0.244 e. The molecule has 0 spiro atoms. The fourth-order valence-corrected chi connectivity index (χ4v) is 5.57. The van der Waals surface area contributed by atoms with Crippen LogP contribution in [0.15, 0.2) is 83.3 Å². The van der Waals surface area contributed by atoms with E-state index in [1.54, 1.807) is 48.5 Å². The summed E-state index contributed by atoms with van der Waals surface area (Å²) in [6.07, 6.45) is 1.31. The maximum atomic E-state index is 14.0. The molecule has 3 aromatic rings. The first-order valence-corrected chi connectivity index (χ1v) is 15.1. The number of carbonyl (C=O) groups excluding carboxylic acids is 2. The molecule has 1 unspecified atom stereocenters. The number of rotatable bonds is 11. The van der Waals surface area contributed by atoms with E-state index in [-0.39, 0.29) is 24.9 Å². The van der Waals surface area contributed by atoms with Crippen molar-refractivity contribution in [1.29, 1.82) is 0 Å². The maximum absolute atomic E-state index is 14.0. The standard InChI is InChI=1S/C28H31BrClN3O4S/c1-20(2)31-28(35)26(17-21-9-5-4-6-10-21)32(18-22-13-15-23(30)16-14-22)27(34)19-33(38(3,36)37)25-12-8-7-11-24(25)29/h4-16,20,26H,17-19H2,1-3H3,(H,31,35). The minimum absolute atomic E-state index is 0.0899. The van der Waals surface area contributed by atoms with E-state index in [4.69, 9.17) is 11.6 Å². The average Bonchev–Trinajstić information content (AvgIpc) is 2.85. The number of anilines is 1. The second-order valence-corrected chi connectivity index (χ2v) is 12.4. The predicted molar refractivity (Wildman–Crippen MR) is 156 cm³/mol. The number of para-hydroxylation sites is 1. The Labute approximate surface area is 238 Å². The van der Waals surface area contributed by atoms with Crippen molar-refractivity contribution in [3.63, 3.8) is 0 Å². The lowest BCUT2D eigenvalue weighted by atomic mass is 10.0. The summed E-state index contributed by atoms with van der Waals surface area (Å²) in [6, 6.07) is 22.1. The van der Waals surface area contributed by atoms with Gasteiger partial charge in [0.25, 0.3) is 0 Å². The van der Waals surface area contributed by atoms with Crippen molar-refractivity contribution in [2.24, 2.45) is 0 Å². The molecule has 38 heavy (non-hydrogen) atoms. The SMILES string of the molecule is CC(C)NC(=O)C(Cc1ccccc1)N(Cc1ccc(Cl)cc1)C(=O)CN(c1ccccc1Br)S(C)(=O)=O. The number of amides is 2. The van der Waals surface area contributed by atoms with Crippen LogP contribution in [0.5, 0.6) is 0 Å². The van der Waals surface area contributed by atoms with Gasteiger partial charge >= 0.3 is 0 Å². The molecule has 0 bridgehead atoms. The van der Waals surface area contributed by atoms with Crippen LogP contribution in [0.25, 0.3) is 0 Å². The normalized spacial score (nSPS) is 12.2. The van der Waals surface area contributed by atoms with E-state index in [1.807, 2.05) is 44.2 Å². The Morgan fingerprint density at radius 1 is 0.921 bits per heavy atom. The molecule has 0 aliphatic carbocycles. The van der Waals surface area contributed by atoms with E-state index < -0.39 is 28.5 Å². The van der Waals surface area contributed by atoms with Gasteiger partial charge in [-0.1, -0.05) is 66.2 Å². The fourth-order valence-electron chi connectivity index (χ4n) is 3.97. The highest BCUT2D eigenvalue weighted by atomic mass is 79.9. The van der Waals surface area contributed by atoms with Crippen LogP contribution in [0.2, 0.25) is 5.02 Å². The van der Waals surface area contributed by atoms with Crippen molar-refractivity contribution in [2.45, 2.75) is 38.9 Å². The molecule has 3 aromatic carbocycles. The van der Waals surface area contributed by atoms with E-state index in [0.29, 0.717) is 15.2 Å². The Morgan fingerprint density at radius 3 is 2.11 bits per heavy atom. The molecule has 0 radical (unpaired) electrons. The molecule has 7 nitrogen and oxygen atoms in total. The molecule has 0 aliphatic rings. The number of benzene rings is 3. The first-order valence-electron chi connectivity index (χ1n) is 12.1. The molecule has 10 heteroatoms. The summed E-state index contributed by atoms with van der Waals surface area (Å²) in [5, 5.41) is 3.47. The lowest BCUT2D eigenvalue weighted by Crippen LogP contribution is -2.54. The number of nitrogens with zero attached hydrogens (tertiary/aromatic N) is 2. The smallest absolute Gasteiger partial charge is 0.244 e. The van der Waals surface area contributed by atoms with Gasteiger partial charge in [0.1, 0.15) is 12.6 Å². The monoisotopic (exact) mass is 619 g/mol. The van der Waals surface area contributed by atoms with Crippen molar-refractivity contribution in [1.82, 2.24) is 10.2 Å². The van der Waals surface area contributed by atoms with Gasteiger partial charge in [0.15, 0.2) is 0 Å². The van der Waals surface area contributed by atoms with Crippen molar-refractivity contribution in [2.75, 3.05) is 17.1 Å². The highest BCUT2D eigenvalue weighted by Gasteiger charge is 2.33. The van der Waals surface area contributed by atoms with Crippen LogP contribution < -0.4 is 9.62 Å². The first-order chi connectivity index (χ1) is 18.0. The van der Waals surface area contributed by atoms with Crippen molar-refractivity contribution < 1.29 is 18.0 Å². The zero-order valence-electron chi connectivity index (χ0n) is 21.5. The van der Waals surface area contributed by atoms with Gasteiger partial charge < -0.3 is 10.2 Å². The largest absolute Gasteiger partial charge is 0.352 e. The number of carbonyl (C=O) groups is 2. The van der Waals surface area contributed by atoms with Gasteiger partial charge in [-0.05, 0) is 65.2 Å². The van der Waals surface area contributed by atoms with Crippen LogP contribution in [0.1, 0.15) is 25.0 Å². The molecule has 1 N–H and O–H groups in total. The highest BCUT2D eigenvalue weighted by Crippen LogP contribution is 2.28. The van der Waals surface area contributed by atoms with E-state index >= 15 is 0 Å². The lowest BCUT2D eigenvalue weighted by Gasteiger charge is -2.34. The third kappa shape index (κ3) is 8.31. The summed E-state index contributed by atoms with van der Waals surface area (Å²) < 4.78 is 27.2. The van der Waals surface area contributed by atoms with Crippen LogP contribution in [-0.4, -0.2) is 50.0 Å². The van der Waals surface area contributed by atoms with Gasteiger partial charge in [-0.2, -0.15) is 0 Å². The number of halogens is 2. The third-order valence-corrected chi connectivity index (χ3v) is 7.82. The van der Waals surface area contributed by atoms with E-state index in [9.17, 15) is 18.0 Å². The molecule has 0 saturated heterocycles. The van der Waals surface area contributed by atoms with Crippen molar-refractivity contribution >= 4 is 55.1 Å². The van der Waals surface area contributed by atoms with Crippen LogP contribution in [-0.2, 0) is 32.6 Å². The number of sulfonamides is 1. The van der Waals surface area contributed by atoms with Gasteiger partial charge in [-0.15, -0.1) is 0 Å². The summed E-state index contributed by atoms with van der Waals surface area (Å²) in [7, 11) is -3.83. The minimum atomic E-state index is -3.83. The second kappa shape index (κ2) is 13.3. The highest BCUT2D eigenvalue weighted by molar-refractivity contribution is 9.10. The van der Waals surface area contributed by atoms with Crippen LogP contribution in [0.4, 0.5) is 5.69 Å². The molecular formula is C28H31BrClN3O4S. The van der Waals surface area contributed by atoms with Crippen molar-refractivity contribution in [3.8, 4) is 0 Å². The Balaban J connectivity index is 2.06. The van der Waals surface area contributed by atoms with Crippen LogP contribution in [0.3, 0.4) is 0 Å². The zero-order valence-corrected chi connectivity index (χ0v) is 24.6. The van der Waals surface area contributed by atoms with Crippen molar-refractivity contribution in [3.05, 3.63) is 99.5 Å². The van der Waals surface area contributed by atoms with E-state index in [1.165, 1.54) is 4.90 Å². The third-order valence-electron chi connectivity index (χ3n) is 5.77. The molecule has 202 valence electrons. The number of nitrogens with one attached hydrogen (secondary N) is 1. The first kappa shape index (κ1) is 29.7. The van der Waals surface area contributed by atoms with Crippen LogP contribution in [0, 0.1) is 0 Å². The molecule has 0 saturated carbocycles. The molecule has 1 atom stereocenters.